The normalized spacial score (nSPS) is 12.2. The lowest BCUT2D eigenvalue weighted by atomic mass is 10.5. The van der Waals surface area contributed by atoms with Gasteiger partial charge in [0.1, 0.15) is 6.33 Å². The van der Waals surface area contributed by atoms with Gasteiger partial charge in [-0.1, -0.05) is 13.8 Å². The van der Waals surface area contributed by atoms with Crippen LogP contribution in [0.2, 0.25) is 0 Å². The van der Waals surface area contributed by atoms with Crippen LogP contribution in [0.3, 0.4) is 0 Å². The van der Waals surface area contributed by atoms with Crippen LogP contribution in [0.4, 0.5) is 0 Å². The van der Waals surface area contributed by atoms with E-state index in [1.165, 1.54) is 10.6 Å². The van der Waals surface area contributed by atoms with Crippen molar-refractivity contribution in [2.24, 2.45) is 0 Å². The van der Waals surface area contributed by atoms with Gasteiger partial charge in [0.25, 0.3) is 15.2 Å². The van der Waals surface area contributed by atoms with Crippen molar-refractivity contribution in [3.8, 4) is 0 Å². The highest BCUT2D eigenvalue weighted by Gasteiger charge is 2.25. The van der Waals surface area contributed by atoms with E-state index < -0.39 is 10.0 Å². The quantitative estimate of drug-likeness (QED) is 0.767. The Hall–Kier alpha value is -0.950. The first-order chi connectivity index (χ1) is 6.62. The Balaban J connectivity index is 2.94. The number of hydrogen-bond acceptors (Lipinski definition) is 4. The molecule has 0 atom stereocenters. The third-order valence-electron chi connectivity index (χ3n) is 1.79. The number of nitrogens with one attached hydrogen (secondary N) is 1. The third-order valence-corrected chi connectivity index (χ3v) is 3.57. The molecule has 0 saturated heterocycles. The van der Waals surface area contributed by atoms with Crippen molar-refractivity contribution in [3.63, 3.8) is 0 Å². The van der Waals surface area contributed by atoms with E-state index in [2.05, 4.69) is 15.2 Å². The van der Waals surface area contributed by atoms with Crippen LogP contribution >= 0.6 is 0 Å². The summed E-state index contributed by atoms with van der Waals surface area (Å²) in [7, 11) is -3.49. The molecule has 0 aliphatic heterocycles. The van der Waals surface area contributed by atoms with Crippen molar-refractivity contribution >= 4 is 10.0 Å². The molecule has 0 saturated carbocycles. The topological polar surface area (TPSA) is 79.0 Å². The average molecular weight is 218 g/mol. The molecule has 1 heterocycles. The second-order valence-corrected chi connectivity index (χ2v) is 4.61. The summed E-state index contributed by atoms with van der Waals surface area (Å²) in [5, 5.41) is 5.80. The Kier molecular flexibility index (Phi) is 3.59. The predicted octanol–water partition coefficient (Wildman–Crippen LogP) is 0.225. The minimum Gasteiger partial charge on any atom is -0.265 e. The van der Waals surface area contributed by atoms with Crippen LogP contribution in [0.15, 0.2) is 11.5 Å². The van der Waals surface area contributed by atoms with Crippen LogP contribution < -0.4 is 0 Å². The molecule has 14 heavy (non-hydrogen) atoms. The summed E-state index contributed by atoms with van der Waals surface area (Å²) in [5.74, 6) is 0. The number of hydrogen-bond donors (Lipinski definition) is 1. The van der Waals surface area contributed by atoms with Crippen molar-refractivity contribution in [2.45, 2.75) is 25.4 Å². The number of aromatic nitrogens is 3. The van der Waals surface area contributed by atoms with Gasteiger partial charge in [-0.15, -0.1) is 5.10 Å². The molecule has 80 valence electrons. The number of aromatic amines is 1. The van der Waals surface area contributed by atoms with Gasteiger partial charge in [0.15, 0.2) is 0 Å². The molecular weight excluding hydrogens is 204 g/mol. The van der Waals surface area contributed by atoms with Crippen LogP contribution in [0.25, 0.3) is 0 Å². The number of rotatable bonds is 5. The van der Waals surface area contributed by atoms with Gasteiger partial charge in [0, 0.05) is 13.1 Å². The molecule has 0 aliphatic rings. The number of sulfonamides is 1. The van der Waals surface area contributed by atoms with Crippen LogP contribution in [0.5, 0.6) is 0 Å². The molecule has 1 aromatic heterocycles. The van der Waals surface area contributed by atoms with Crippen molar-refractivity contribution in [3.05, 3.63) is 6.33 Å². The lowest BCUT2D eigenvalue weighted by Gasteiger charge is -2.16. The van der Waals surface area contributed by atoms with Crippen molar-refractivity contribution < 1.29 is 8.42 Å². The zero-order chi connectivity index (χ0) is 10.6. The minimum absolute atomic E-state index is 0.159. The molecule has 0 spiro atoms. The lowest BCUT2D eigenvalue weighted by molar-refractivity contribution is 0.422. The van der Waals surface area contributed by atoms with Crippen LogP contribution in [0, 0.1) is 0 Å². The maximum absolute atomic E-state index is 11.8. The SMILES string of the molecule is CCCN(CC)S(=O)(=O)c1nc[nH]n1. The van der Waals surface area contributed by atoms with Crippen molar-refractivity contribution in [1.29, 1.82) is 0 Å². The summed E-state index contributed by atoms with van der Waals surface area (Å²) in [6.45, 7) is 4.65. The summed E-state index contributed by atoms with van der Waals surface area (Å²) in [5.41, 5.74) is 0. The number of H-pyrrole nitrogens is 1. The fraction of sp³-hybridized carbons (Fsp3) is 0.714. The number of nitrogens with zero attached hydrogens (tertiary/aromatic N) is 3. The highest BCUT2D eigenvalue weighted by molar-refractivity contribution is 7.88. The van der Waals surface area contributed by atoms with E-state index in [4.69, 9.17) is 0 Å². The van der Waals surface area contributed by atoms with Gasteiger partial charge in [-0.3, -0.25) is 5.10 Å². The van der Waals surface area contributed by atoms with Gasteiger partial charge in [0.05, 0.1) is 0 Å². The maximum Gasteiger partial charge on any atom is 0.282 e. The molecule has 7 heteroatoms. The van der Waals surface area contributed by atoms with Crippen molar-refractivity contribution in [2.75, 3.05) is 13.1 Å². The van der Waals surface area contributed by atoms with Gasteiger partial charge in [0.2, 0.25) is 0 Å². The first kappa shape index (κ1) is 11.1. The van der Waals surface area contributed by atoms with Gasteiger partial charge in [-0.25, -0.2) is 13.4 Å². The molecule has 0 amide bonds. The van der Waals surface area contributed by atoms with E-state index in [9.17, 15) is 8.42 Å². The Morgan fingerprint density at radius 3 is 2.64 bits per heavy atom. The summed E-state index contributed by atoms with van der Waals surface area (Å²) in [6.07, 6.45) is 2.03. The molecular formula is C7H14N4O2S. The minimum atomic E-state index is -3.49. The first-order valence-corrected chi connectivity index (χ1v) is 5.92. The van der Waals surface area contributed by atoms with Gasteiger partial charge < -0.3 is 0 Å². The molecule has 0 fully saturated rings. The monoisotopic (exact) mass is 218 g/mol. The van der Waals surface area contributed by atoms with E-state index in [1.54, 1.807) is 6.92 Å². The second kappa shape index (κ2) is 4.52. The summed E-state index contributed by atoms with van der Waals surface area (Å²) < 4.78 is 24.9. The standard InChI is InChI=1S/C7H14N4O2S/c1-3-5-11(4-2)14(12,13)7-8-6-9-10-7/h6H,3-5H2,1-2H3,(H,8,9,10). The van der Waals surface area contributed by atoms with E-state index in [-0.39, 0.29) is 5.16 Å². The Labute approximate surface area is 83.4 Å². The fourth-order valence-electron chi connectivity index (χ4n) is 1.13. The van der Waals surface area contributed by atoms with Crippen LogP contribution in [-0.2, 0) is 10.0 Å². The highest BCUT2D eigenvalue weighted by atomic mass is 32.2. The molecule has 1 aromatic rings. The zero-order valence-corrected chi connectivity index (χ0v) is 9.08. The average Bonchev–Trinajstić information content (AvgIpc) is 2.66. The molecule has 0 aromatic carbocycles. The van der Waals surface area contributed by atoms with Crippen LogP contribution in [0.1, 0.15) is 20.3 Å². The molecule has 0 unspecified atom stereocenters. The summed E-state index contributed by atoms with van der Waals surface area (Å²) >= 11 is 0. The molecule has 1 rings (SSSR count). The third kappa shape index (κ3) is 2.10. The van der Waals surface area contributed by atoms with Gasteiger partial charge >= 0.3 is 0 Å². The molecule has 0 bridgehead atoms. The Morgan fingerprint density at radius 2 is 2.21 bits per heavy atom. The Morgan fingerprint density at radius 1 is 1.50 bits per heavy atom. The molecule has 0 aliphatic carbocycles. The summed E-state index contributed by atoms with van der Waals surface area (Å²) in [4.78, 5) is 3.64. The molecule has 0 radical (unpaired) electrons. The van der Waals surface area contributed by atoms with E-state index in [0.717, 1.165) is 6.42 Å². The smallest absolute Gasteiger partial charge is 0.265 e. The van der Waals surface area contributed by atoms with E-state index in [0.29, 0.717) is 13.1 Å². The van der Waals surface area contributed by atoms with E-state index in [1.807, 2.05) is 6.92 Å². The largest absolute Gasteiger partial charge is 0.282 e. The molecule has 1 N–H and O–H groups in total. The fourth-order valence-corrected chi connectivity index (χ4v) is 2.48. The van der Waals surface area contributed by atoms with Crippen molar-refractivity contribution in [1.82, 2.24) is 19.5 Å². The van der Waals surface area contributed by atoms with Crippen LogP contribution in [-0.4, -0.2) is 41.0 Å². The highest BCUT2D eigenvalue weighted by Crippen LogP contribution is 2.09. The Bertz CT molecular complexity index is 359. The first-order valence-electron chi connectivity index (χ1n) is 4.48. The van der Waals surface area contributed by atoms with Gasteiger partial charge in [-0.05, 0) is 6.42 Å². The maximum atomic E-state index is 11.8. The predicted molar refractivity (Wildman–Crippen MR) is 51.1 cm³/mol. The zero-order valence-electron chi connectivity index (χ0n) is 8.27. The lowest BCUT2D eigenvalue weighted by Crippen LogP contribution is -2.32. The second-order valence-electron chi connectivity index (χ2n) is 2.78. The molecule has 6 nitrogen and oxygen atoms in total. The van der Waals surface area contributed by atoms with Gasteiger partial charge in [-0.2, -0.15) is 4.31 Å². The van der Waals surface area contributed by atoms with E-state index >= 15 is 0 Å². The summed E-state index contributed by atoms with van der Waals surface area (Å²) in [6, 6.07) is 0.